The summed E-state index contributed by atoms with van der Waals surface area (Å²) in [5.74, 6) is 0.243. The van der Waals surface area contributed by atoms with Crippen LogP contribution in [-0.4, -0.2) is 41.5 Å². The Labute approximate surface area is 140 Å². The third kappa shape index (κ3) is 2.48. The maximum atomic E-state index is 12.5. The molecule has 2 aliphatic heterocycles. The molecule has 0 aliphatic carbocycles. The second kappa shape index (κ2) is 5.47. The Morgan fingerprint density at radius 3 is 2.92 bits per heavy atom. The molecule has 2 fully saturated rings. The Bertz CT molecular complexity index is 787. The molecular weight excluding hydrogens is 306 g/mol. The predicted molar refractivity (Wildman–Crippen MR) is 87.6 cm³/mol. The van der Waals surface area contributed by atoms with E-state index in [0.717, 1.165) is 17.7 Å². The summed E-state index contributed by atoms with van der Waals surface area (Å²) in [5, 5.41) is 3.59. The molecule has 24 heavy (non-hydrogen) atoms. The first-order valence-corrected chi connectivity index (χ1v) is 8.13. The van der Waals surface area contributed by atoms with Crippen molar-refractivity contribution in [2.24, 2.45) is 5.41 Å². The number of likely N-dealkylation sites (tertiary alicyclic amines) is 1. The van der Waals surface area contributed by atoms with E-state index in [0.29, 0.717) is 26.1 Å². The van der Waals surface area contributed by atoms with Crippen LogP contribution in [0, 0.1) is 12.3 Å². The molecule has 4 rings (SSSR count). The number of aryl methyl sites for hydroxylation is 1. The van der Waals surface area contributed by atoms with Gasteiger partial charge in [0.2, 0.25) is 11.7 Å². The first-order chi connectivity index (χ1) is 11.6. The first-order valence-electron chi connectivity index (χ1n) is 8.13. The van der Waals surface area contributed by atoms with Crippen LogP contribution in [0.2, 0.25) is 0 Å². The van der Waals surface area contributed by atoms with Gasteiger partial charge in [-0.15, -0.1) is 0 Å². The van der Waals surface area contributed by atoms with E-state index < -0.39 is 0 Å². The molecule has 1 aromatic heterocycles. The summed E-state index contributed by atoms with van der Waals surface area (Å²) in [6.07, 6.45) is 2.79. The lowest BCUT2D eigenvalue weighted by Crippen LogP contribution is -2.34. The number of hydrogen-bond donors (Lipinski definition) is 0. The molecule has 0 radical (unpaired) electrons. The molecule has 2 aromatic rings. The van der Waals surface area contributed by atoms with Crippen molar-refractivity contribution in [2.75, 3.05) is 24.5 Å². The number of nitrogens with zero attached hydrogens (tertiary/aromatic N) is 3. The van der Waals surface area contributed by atoms with Crippen LogP contribution < -0.4 is 4.90 Å². The van der Waals surface area contributed by atoms with Gasteiger partial charge in [0, 0.05) is 43.2 Å². The van der Waals surface area contributed by atoms with Gasteiger partial charge in [0.25, 0.3) is 5.91 Å². The molecule has 2 saturated heterocycles. The molecule has 1 spiro atoms. The third-order valence-electron chi connectivity index (χ3n) is 5.01. The van der Waals surface area contributed by atoms with Gasteiger partial charge in [-0.3, -0.25) is 9.59 Å². The predicted octanol–water partition coefficient (Wildman–Crippen LogP) is 2.25. The van der Waals surface area contributed by atoms with Gasteiger partial charge in [-0.05, 0) is 31.0 Å². The molecule has 0 N–H and O–H groups in total. The van der Waals surface area contributed by atoms with Crippen LogP contribution >= 0.6 is 0 Å². The number of amides is 2. The topological polar surface area (TPSA) is 66.7 Å². The van der Waals surface area contributed by atoms with E-state index >= 15 is 0 Å². The van der Waals surface area contributed by atoms with Crippen molar-refractivity contribution >= 4 is 17.5 Å². The van der Waals surface area contributed by atoms with Crippen molar-refractivity contribution in [3.05, 3.63) is 47.9 Å². The molecule has 1 aromatic carbocycles. The standard InChI is InChI=1S/C18H19N3O3/c1-13-3-2-4-14(9-13)21-12-18(10-16(21)22)6-8-20(11-18)17(23)15-5-7-19-24-15/h2-5,7,9H,6,8,10-12H2,1H3. The van der Waals surface area contributed by atoms with Crippen LogP contribution in [0.25, 0.3) is 0 Å². The number of rotatable bonds is 2. The van der Waals surface area contributed by atoms with E-state index in [1.54, 1.807) is 11.0 Å². The SMILES string of the molecule is Cc1cccc(N2CC3(CCN(C(=O)c4ccno4)C3)CC2=O)c1. The quantitative estimate of drug-likeness (QED) is 0.849. The lowest BCUT2D eigenvalue weighted by molar-refractivity contribution is -0.117. The zero-order valence-electron chi connectivity index (χ0n) is 13.6. The van der Waals surface area contributed by atoms with Gasteiger partial charge in [-0.1, -0.05) is 17.3 Å². The van der Waals surface area contributed by atoms with E-state index in [1.807, 2.05) is 36.1 Å². The highest BCUT2D eigenvalue weighted by Gasteiger charge is 2.49. The number of carbonyl (C=O) groups excluding carboxylic acids is 2. The fourth-order valence-corrected chi connectivity index (χ4v) is 3.79. The average molecular weight is 325 g/mol. The van der Waals surface area contributed by atoms with Crippen molar-refractivity contribution in [1.29, 1.82) is 0 Å². The van der Waals surface area contributed by atoms with Crippen LogP contribution in [0.4, 0.5) is 5.69 Å². The van der Waals surface area contributed by atoms with E-state index in [-0.39, 0.29) is 23.0 Å². The summed E-state index contributed by atoms with van der Waals surface area (Å²) in [5.41, 5.74) is 1.92. The smallest absolute Gasteiger partial charge is 0.292 e. The summed E-state index contributed by atoms with van der Waals surface area (Å²) < 4.78 is 4.96. The largest absolute Gasteiger partial charge is 0.351 e. The Morgan fingerprint density at radius 2 is 2.17 bits per heavy atom. The fourth-order valence-electron chi connectivity index (χ4n) is 3.79. The lowest BCUT2D eigenvalue weighted by Gasteiger charge is -2.24. The zero-order chi connectivity index (χ0) is 16.7. The molecule has 124 valence electrons. The van der Waals surface area contributed by atoms with Crippen LogP contribution in [0.1, 0.15) is 29.0 Å². The third-order valence-corrected chi connectivity index (χ3v) is 5.01. The van der Waals surface area contributed by atoms with Gasteiger partial charge in [0.1, 0.15) is 0 Å². The normalized spacial score (nSPS) is 23.5. The molecule has 3 heterocycles. The van der Waals surface area contributed by atoms with Crippen molar-refractivity contribution in [3.8, 4) is 0 Å². The monoisotopic (exact) mass is 325 g/mol. The van der Waals surface area contributed by atoms with Crippen LogP contribution in [0.3, 0.4) is 0 Å². The number of hydrogen-bond acceptors (Lipinski definition) is 4. The van der Waals surface area contributed by atoms with E-state index in [4.69, 9.17) is 4.52 Å². The summed E-state index contributed by atoms with van der Waals surface area (Å²) in [6, 6.07) is 9.57. The summed E-state index contributed by atoms with van der Waals surface area (Å²) in [6.45, 7) is 3.91. The summed E-state index contributed by atoms with van der Waals surface area (Å²) in [7, 11) is 0. The zero-order valence-corrected chi connectivity index (χ0v) is 13.6. The minimum atomic E-state index is -0.156. The molecule has 1 atom stereocenters. The second-order valence-corrected chi connectivity index (χ2v) is 6.85. The Hall–Kier alpha value is -2.63. The molecule has 6 nitrogen and oxygen atoms in total. The van der Waals surface area contributed by atoms with Gasteiger partial charge < -0.3 is 14.3 Å². The molecule has 0 bridgehead atoms. The maximum Gasteiger partial charge on any atom is 0.292 e. The maximum absolute atomic E-state index is 12.5. The molecule has 6 heteroatoms. The lowest BCUT2D eigenvalue weighted by atomic mass is 9.86. The molecule has 0 saturated carbocycles. The highest BCUT2D eigenvalue weighted by molar-refractivity contribution is 5.97. The summed E-state index contributed by atoms with van der Waals surface area (Å²) in [4.78, 5) is 28.6. The average Bonchev–Trinajstić information content (AvgIpc) is 3.28. The first kappa shape index (κ1) is 14.9. The Balaban J connectivity index is 1.51. The highest BCUT2D eigenvalue weighted by Crippen LogP contribution is 2.42. The van der Waals surface area contributed by atoms with Crippen LogP contribution in [0.5, 0.6) is 0 Å². The molecule has 2 amide bonds. The van der Waals surface area contributed by atoms with E-state index in [9.17, 15) is 9.59 Å². The number of carbonyl (C=O) groups is 2. The van der Waals surface area contributed by atoms with Crippen molar-refractivity contribution < 1.29 is 14.1 Å². The Kier molecular flexibility index (Phi) is 3.40. The van der Waals surface area contributed by atoms with Crippen molar-refractivity contribution in [1.82, 2.24) is 10.1 Å². The van der Waals surface area contributed by atoms with Gasteiger partial charge in [-0.25, -0.2) is 0 Å². The van der Waals surface area contributed by atoms with Crippen molar-refractivity contribution in [3.63, 3.8) is 0 Å². The molecule has 2 aliphatic rings. The highest BCUT2D eigenvalue weighted by atomic mass is 16.5. The molecule has 1 unspecified atom stereocenters. The fraction of sp³-hybridized carbons (Fsp3) is 0.389. The Morgan fingerprint density at radius 1 is 1.29 bits per heavy atom. The van der Waals surface area contributed by atoms with Crippen LogP contribution in [-0.2, 0) is 4.79 Å². The van der Waals surface area contributed by atoms with Gasteiger partial charge in [-0.2, -0.15) is 0 Å². The van der Waals surface area contributed by atoms with E-state index in [1.165, 1.54) is 6.20 Å². The van der Waals surface area contributed by atoms with E-state index in [2.05, 4.69) is 5.16 Å². The minimum absolute atomic E-state index is 0.134. The van der Waals surface area contributed by atoms with Crippen LogP contribution in [0.15, 0.2) is 41.1 Å². The number of anilines is 1. The van der Waals surface area contributed by atoms with Gasteiger partial charge in [0.05, 0.1) is 6.20 Å². The molecular formula is C18H19N3O3. The number of aromatic nitrogens is 1. The van der Waals surface area contributed by atoms with Gasteiger partial charge >= 0.3 is 0 Å². The minimum Gasteiger partial charge on any atom is -0.351 e. The summed E-state index contributed by atoms with van der Waals surface area (Å²) >= 11 is 0. The number of benzene rings is 1. The van der Waals surface area contributed by atoms with Gasteiger partial charge in [0.15, 0.2) is 0 Å². The van der Waals surface area contributed by atoms with Crippen molar-refractivity contribution in [2.45, 2.75) is 19.8 Å². The second-order valence-electron chi connectivity index (χ2n) is 6.85.